The SMILES string of the molecule is C=CCN1CC2(CCC1=O)CCN(C(=O)C[C@@H](N)c1ccccc1)CC2. The summed E-state index contributed by atoms with van der Waals surface area (Å²) < 4.78 is 0. The monoisotopic (exact) mass is 355 g/mol. The molecular weight excluding hydrogens is 326 g/mol. The lowest BCUT2D eigenvalue weighted by molar-refractivity contribution is -0.142. The molecular formula is C21H29N3O2. The zero-order valence-electron chi connectivity index (χ0n) is 15.4. The Labute approximate surface area is 155 Å². The fraction of sp³-hybridized carbons (Fsp3) is 0.524. The largest absolute Gasteiger partial charge is 0.343 e. The maximum Gasteiger partial charge on any atom is 0.224 e. The lowest BCUT2D eigenvalue weighted by Crippen LogP contribution is -2.52. The van der Waals surface area contributed by atoms with Gasteiger partial charge in [0.05, 0.1) is 0 Å². The number of hydrogen-bond acceptors (Lipinski definition) is 3. The fourth-order valence-electron chi connectivity index (χ4n) is 4.20. The van der Waals surface area contributed by atoms with E-state index >= 15 is 0 Å². The molecule has 0 aliphatic carbocycles. The summed E-state index contributed by atoms with van der Waals surface area (Å²) in [7, 11) is 0. The lowest BCUT2D eigenvalue weighted by atomic mass is 9.72. The number of carbonyl (C=O) groups excluding carboxylic acids is 2. The van der Waals surface area contributed by atoms with Gasteiger partial charge in [0.2, 0.25) is 11.8 Å². The Morgan fingerprint density at radius 1 is 1.23 bits per heavy atom. The van der Waals surface area contributed by atoms with Gasteiger partial charge in [-0.05, 0) is 30.2 Å². The minimum atomic E-state index is -0.255. The summed E-state index contributed by atoms with van der Waals surface area (Å²) in [5.41, 5.74) is 7.37. The van der Waals surface area contributed by atoms with Crippen molar-refractivity contribution in [2.75, 3.05) is 26.2 Å². The molecule has 1 aromatic carbocycles. The number of nitrogens with zero attached hydrogens (tertiary/aromatic N) is 2. The molecule has 1 aromatic rings. The molecule has 1 atom stereocenters. The Morgan fingerprint density at radius 3 is 2.58 bits per heavy atom. The molecule has 1 spiro atoms. The molecule has 2 saturated heterocycles. The van der Waals surface area contributed by atoms with Crippen molar-refractivity contribution in [1.29, 1.82) is 0 Å². The number of likely N-dealkylation sites (tertiary alicyclic amines) is 2. The van der Waals surface area contributed by atoms with Crippen molar-refractivity contribution in [2.24, 2.45) is 11.1 Å². The van der Waals surface area contributed by atoms with Crippen LogP contribution < -0.4 is 5.73 Å². The first-order valence-electron chi connectivity index (χ1n) is 9.50. The summed E-state index contributed by atoms with van der Waals surface area (Å²) in [5, 5.41) is 0. The van der Waals surface area contributed by atoms with Crippen molar-refractivity contribution in [2.45, 2.75) is 38.1 Å². The molecule has 26 heavy (non-hydrogen) atoms. The average Bonchev–Trinajstić information content (AvgIpc) is 2.66. The summed E-state index contributed by atoms with van der Waals surface area (Å²) in [6.07, 6.45) is 5.60. The van der Waals surface area contributed by atoms with E-state index < -0.39 is 0 Å². The van der Waals surface area contributed by atoms with Crippen LogP contribution in [0.15, 0.2) is 43.0 Å². The second-order valence-corrected chi connectivity index (χ2v) is 7.67. The second kappa shape index (κ2) is 8.04. The summed E-state index contributed by atoms with van der Waals surface area (Å²) in [6.45, 7) is 6.69. The van der Waals surface area contributed by atoms with Gasteiger partial charge in [0.15, 0.2) is 0 Å². The summed E-state index contributed by atoms with van der Waals surface area (Å²) in [4.78, 5) is 28.5. The smallest absolute Gasteiger partial charge is 0.224 e. The first kappa shape index (κ1) is 18.6. The van der Waals surface area contributed by atoms with E-state index in [1.165, 1.54) is 0 Å². The molecule has 0 unspecified atom stereocenters. The molecule has 2 aliphatic rings. The number of amides is 2. The third kappa shape index (κ3) is 4.15. The van der Waals surface area contributed by atoms with E-state index in [9.17, 15) is 9.59 Å². The van der Waals surface area contributed by atoms with Crippen molar-refractivity contribution < 1.29 is 9.59 Å². The van der Waals surface area contributed by atoms with Crippen molar-refractivity contribution in [1.82, 2.24) is 9.80 Å². The number of carbonyl (C=O) groups is 2. The van der Waals surface area contributed by atoms with Crippen LogP contribution in [0.4, 0.5) is 0 Å². The predicted octanol–water partition coefficient (Wildman–Crippen LogP) is 2.49. The highest BCUT2D eigenvalue weighted by atomic mass is 16.2. The van der Waals surface area contributed by atoms with Crippen molar-refractivity contribution in [3.63, 3.8) is 0 Å². The van der Waals surface area contributed by atoms with E-state index in [2.05, 4.69) is 6.58 Å². The van der Waals surface area contributed by atoms with Crippen LogP contribution in [0.25, 0.3) is 0 Å². The molecule has 2 N–H and O–H groups in total. The number of piperidine rings is 2. The molecule has 2 fully saturated rings. The Balaban J connectivity index is 1.54. The fourth-order valence-corrected chi connectivity index (χ4v) is 4.20. The van der Waals surface area contributed by atoms with E-state index in [-0.39, 0.29) is 23.3 Å². The van der Waals surface area contributed by atoms with E-state index in [1.54, 1.807) is 6.08 Å². The molecule has 0 bridgehead atoms. The van der Waals surface area contributed by atoms with E-state index in [4.69, 9.17) is 5.73 Å². The Kier molecular flexibility index (Phi) is 5.77. The van der Waals surface area contributed by atoms with Crippen molar-refractivity contribution in [3.8, 4) is 0 Å². The number of hydrogen-bond donors (Lipinski definition) is 1. The predicted molar refractivity (Wildman–Crippen MR) is 102 cm³/mol. The number of benzene rings is 1. The van der Waals surface area contributed by atoms with Crippen molar-refractivity contribution >= 4 is 11.8 Å². The van der Waals surface area contributed by atoms with Gasteiger partial charge in [0.25, 0.3) is 0 Å². The third-order valence-electron chi connectivity index (χ3n) is 5.90. The van der Waals surface area contributed by atoms with Crippen LogP contribution in [-0.2, 0) is 9.59 Å². The lowest BCUT2D eigenvalue weighted by Gasteiger charge is -2.47. The Hall–Kier alpha value is -2.14. The zero-order chi connectivity index (χ0) is 18.6. The van der Waals surface area contributed by atoms with Gasteiger partial charge in [-0.1, -0.05) is 36.4 Å². The molecule has 0 aromatic heterocycles. The summed E-state index contributed by atoms with van der Waals surface area (Å²) >= 11 is 0. The number of rotatable bonds is 5. The van der Waals surface area contributed by atoms with Gasteiger partial charge in [-0.25, -0.2) is 0 Å². The zero-order valence-corrected chi connectivity index (χ0v) is 15.4. The van der Waals surface area contributed by atoms with E-state index in [0.717, 1.165) is 44.5 Å². The van der Waals surface area contributed by atoms with Crippen LogP contribution >= 0.6 is 0 Å². The van der Waals surface area contributed by atoms with Crippen LogP contribution in [0, 0.1) is 5.41 Å². The Morgan fingerprint density at radius 2 is 1.92 bits per heavy atom. The van der Waals surface area contributed by atoms with Crippen LogP contribution in [0.2, 0.25) is 0 Å². The standard InChI is InChI=1S/C21H29N3O2/c1-2-12-24-16-21(9-8-19(24)25)10-13-23(14-11-21)20(26)15-18(22)17-6-4-3-5-7-17/h2-7,18H,1,8-16,22H2/t18-/m1/s1. The van der Waals surface area contributed by atoms with Gasteiger partial charge in [-0.2, -0.15) is 0 Å². The van der Waals surface area contributed by atoms with Crippen LogP contribution in [-0.4, -0.2) is 47.8 Å². The highest BCUT2D eigenvalue weighted by molar-refractivity contribution is 5.78. The first-order chi connectivity index (χ1) is 12.5. The average molecular weight is 355 g/mol. The highest BCUT2D eigenvalue weighted by Crippen LogP contribution is 2.40. The molecule has 5 heteroatoms. The third-order valence-corrected chi connectivity index (χ3v) is 5.90. The maximum atomic E-state index is 12.6. The molecule has 0 saturated carbocycles. The van der Waals surface area contributed by atoms with Gasteiger partial charge in [0.1, 0.15) is 0 Å². The number of nitrogens with two attached hydrogens (primary N) is 1. The van der Waals surface area contributed by atoms with E-state index in [1.807, 2.05) is 40.1 Å². The maximum absolute atomic E-state index is 12.6. The van der Waals surface area contributed by atoms with Crippen LogP contribution in [0.3, 0.4) is 0 Å². The quantitative estimate of drug-likeness (QED) is 0.825. The van der Waals surface area contributed by atoms with Gasteiger partial charge in [0, 0.05) is 45.1 Å². The van der Waals surface area contributed by atoms with Gasteiger partial charge >= 0.3 is 0 Å². The molecule has 140 valence electrons. The van der Waals surface area contributed by atoms with Crippen LogP contribution in [0.5, 0.6) is 0 Å². The summed E-state index contributed by atoms with van der Waals surface area (Å²) in [5.74, 6) is 0.355. The molecule has 5 nitrogen and oxygen atoms in total. The molecule has 0 radical (unpaired) electrons. The summed E-state index contributed by atoms with van der Waals surface area (Å²) in [6, 6.07) is 9.53. The minimum Gasteiger partial charge on any atom is -0.343 e. The topological polar surface area (TPSA) is 66.6 Å². The molecule has 3 rings (SSSR count). The molecule has 2 heterocycles. The van der Waals surface area contributed by atoms with Gasteiger partial charge in [-0.15, -0.1) is 6.58 Å². The van der Waals surface area contributed by atoms with Crippen molar-refractivity contribution in [3.05, 3.63) is 48.6 Å². The highest BCUT2D eigenvalue weighted by Gasteiger charge is 2.41. The van der Waals surface area contributed by atoms with Gasteiger partial charge < -0.3 is 15.5 Å². The normalized spacial score (nSPS) is 20.9. The second-order valence-electron chi connectivity index (χ2n) is 7.67. The first-order valence-corrected chi connectivity index (χ1v) is 9.50. The van der Waals surface area contributed by atoms with Gasteiger partial charge in [-0.3, -0.25) is 9.59 Å². The molecule has 2 amide bonds. The molecule has 2 aliphatic heterocycles. The Bertz CT molecular complexity index is 650. The minimum absolute atomic E-state index is 0.131. The van der Waals surface area contributed by atoms with E-state index in [0.29, 0.717) is 19.4 Å². The van der Waals surface area contributed by atoms with Crippen LogP contribution in [0.1, 0.15) is 43.7 Å².